The number of fused-ring (bicyclic) bond motifs is 1. The second-order valence-corrected chi connectivity index (χ2v) is 4.93. The minimum absolute atomic E-state index is 0.183. The predicted molar refractivity (Wildman–Crippen MR) is 67.2 cm³/mol. The zero-order valence-electron chi connectivity index (χ0n) is 9.12. The fourth-order valence-electron chi connectivity index (χ4n) is 1.72. The maximum absolute atomic E-state index is 10.8. The lowest BCUT2D eigenvalue weighted by atomic mass is 10.3. The van der Waals surface area contributed by atoms with Crippen LogP contribution in [0.25, 0.3) is 10.2 Å². The molecule has 1 aliphatic heterocycles. The van der Waals surface area contributed by atoms with Gasteiger partial charge in [-0.15, -0.1) is 11.3 Å². The second kappa shape index (κ2) is 3.95. The van der Waals surface area contributed by atoms with Gasteiger partial charge in [0.05, 0.1) is 16.8 Å². The van der Waals surface area contributed by atoms with Crippen molar-refractivity contribution in [3.63, 3.8) is 0 Å². The normalized spacial score (nSPS) is 18.7. The number of rotatable bonds is 2. The Bertz CT molecular complexity index is 665. The second-order valence-electron chi connectivity index (χ2n) is 3.90. The van der Waals surface area contributed by atoms with Gasteiger partial charge in [-0.1, -0.05) is 0 Å². The van der Waals surface area contributed by atoms with Crippen molar-refractivity contribution in [1.29, 1.82) is 0 Å². The average molecular weight is 263 g/mol. The molecule has 0 radical (unpaired) electrons. The third kappa shape index (κ3) is 1.78. The summed E-state index contributed by atoms with van der Waals surface area (Å²) >= 11 is 1.37. The number of carbonyl (C=O) groups is 1. The SMILES string of the molecule is O=C(O)[C@H]1CN=C(c2nc3ccc(O)cc3s2)N1. The minimum Gasteiger partial charge on any atom is -0.508 e. The number of phenolic OH excluding ortho intramolecular Hbond substituents is 1. The molecule has 0 bridgehead atoms. The van der Waals surface area contributed by atoms with Gasteiger partial charge in [0.25, 0.3) is 0 Å². The zero-order chi connectivity index (χ0) is 12.7. The third-order valence-corrected chi connectivity index (χ3v) is 3.64. The zero-order valence-corrected chi connectivity index (χ0v) is 9.94. The van der Waals surface area contributed by atoms with E-state index in [4.69, 9.17) is 5.11 Å². The van der Waals surface area contributed by atoms with E-state index in [0.29, 0.717) is 10.8 Å². The van der Waals surface area contributed by atoms with Crippen LogP contribution in [0.4, 0.5) is 0 Å². The molecule has 6 nitrogen and oxygen atoms in total. The molecule has 0 saturated heterocycles. The van der Waals surface area contributed by atoms with Gasteiger partial charge in [-0.3, -0.25) is 4.99 Å². The molecule has 1 aliphatic rings. The van der Waals surface area contributed by atoms with Crippen molar-refractivity contribution < 1.29 is 15.0 Å². The first kappa shape index (κ1) is 11.0. The van der Waals surface area contributed by atoms with E-state index >= 15 is 0 Å². The average Bonchev–Trinajstić information content (AvgIpc) is 2.93. The summed E-state index contributed by atoms with van der Waals surface area (Å²) in [6.07, 6.45) is 0. The van der Waals surface area contributed by atoms with E-state index in [1.54, 1.807) is 18.2 Å². The number of nitrogens with one attached hydrogen (secondary N) is 1. The van der Waals surface area contributed by atoms with Gasteiger partial charge in [0.15, 0.2) is 10.8 Å². The first-order valence-corrected chi connectivity index (χ1v) is 6.09. The minimum atomic E-state index is -0.924. The molecule has 0 saturated carbocycles. The van der Waals surface area contributed by atoms with Crippen LogP contribution in [0.5, 0.6) is 5.75 Å². The highest BCUT2D eigenvalue weighted by molar-refractivity contribution is 7.20. The van der Waals surface area contributed by atoms with Crippen LogP contribution in [0.1, 0.15) is 5.01 Å². The van der Waals surface area contributed by atoms with E-state index in [1.165, 1.54) is 11.3 Å². The number of aromatic hydroxyl groups is 1. The van der Waals surface area contributed by atoms with E-state index < -0.39 is 12.0 Å². The van der Waals surface area contributed by atoms with Crippen LogP contribution in [0, 0.1) is 0 Å². The molecule has 18 heavy (non-hydrogen) atoms. The van der Waals surface area contributed by atoms with Crippen LogP contribution in [0.15, 0.2) is 23.2 Å². The molecule has 1 aromatic heterocycles. The molecule has 2 heterocycles. The van der Waals surface area contributed by atoms with Gasteiger partial charge in [0.2, 0.25) is 0 Å². The van der Waals surface area contributed by atoms with Crippen LogP contribution in [-0.4, -0.2) is 39.6 Å². The number of nitrogens with zero attached hydrogens (tertiary/aromatic N) is 2. The van der Waals surface area contributed by atoms with Crippen molar-refractivity contribution in [1.82, 2.24) is 10.3 Å². The Morgan fingerprint density at radius 2 is 2.33 bits per heavy atom. The van der Waals surface area contributed by atoms with Crippen molar-refractivity contribution in [3.8, 4) is 5.75 Å². The van der Waals surface area contributed by atoms with Crippen molar-refractivity contribution in [2.75, 3.05) is 6.54 Å². The number of amidine groups is 1. The van der Waals surface area contributed by atoms with Gasteiger partial charge in [-0.05, 0) is 18.2 Å². The first-order valence-electron chi connectivity index (χ1n) is 5.27. The van der Waals surface area contributed by atoms with Gasteiger partial charge >= 0.3 is 5.97 Å². The summed E-state index contributed by atoms with van der Waals surface area (Å²) in [6, 6.07) is 4.23. The number of aliphatic imine (C=N–C) groups is 1. The molecular formula is C11H9N3O3S. The number of phenols is 1. The number of benzene rings is 1. The molecule has 0 amide bonds. The highest BCUT2D eigenvalue weighted by atomic mass is 32.1. The summed E-state index contributed by atoms with van der Waals surface area (Å²) in [5.41, 5.74) is 0.760. The molecule has 0 fully saturated rings. The van der Waals surface area contributed by atoms with Crippen LogP contribution < -0.4 is 5.32 Å². The van der Waals surface area contributed by atoms with Gasteiger partial charge < -0.3 is 15.5 Å². The molecule has 3 N–H and O–H groups in total. The molecule has 3 rings (SSSR count). The fourth-order valence-corrected chi connectivity index (χ4v) is 2.69. The Kier molecular flexibility index (Phi) is 2.41. The van der Waals surface area contributed by atoms with Gasteiger partial charge in [-0.25, -0.2) is 9.78 Å². The van der Waals surface area contributed by atoms with E-state index in [0.717, 1.165) is 10.2 Å². The lowest BCUT2D eigenvalue weighted by molar-refractivity contribution is -0.138. The van der Waals surface area contributed by atoms with Crippen LogP contribution in [0.2, 0.25) is 0 Å². The number of hydrogen-bond acceptors (Lipinski definition) is 6. The molecule has 7 heteroatoms. The topological polar surface area (TPSA) is 94.8 Å². The Hall–Kier alpha value is -2.15. The quantitative estimate of drug-likeness (QED) is 0.745. The first-order chi connectivity index (χ1) is 8.63. The Morgan fingerprint density at radius 1 is 1.50 bits per heavy atom. The molecule has 0 unspecified atom stereocenters. The van der Waals surface area contributed by atoms with E-state index in [2.05, 4.69) is 15.3 Å². The standard InChI is InChI=1S/C11H9N3O3S/c15-5-1-2-6-8(3-5)18-10(14-6)9-12-4-7(13-9)11(16)17/h1-3,7,15H,4H2,(H,12,13)(H,16,17)/t7-/m1/s1. The van der Waals surface area contributed by atoms with Crippen LogP contribution >= 0.6 is 11.3 Å². The summed E-state index contributed by atoms with van der Waals surface area (Å²) in [5, 5.41) is 21.7. The van der Waals surface area contributed by atoms with Gasteiger partial charge in [-0.2, -0.15) is 0 Å². The molecule has 0 aliphatic carbocycles. The lowest BCUT2D eigenvalue weighted by Crippen LogP contribution is -2.37. The predicted octanol–water partition coefficient (Wildman–Crippen LogP) is 0.805. The summed E-state index contributed by atoms with van der Waals surface area (Å²) in [4.78, 5) is 19.3. The van der Waals surface area contributed by atoms with Gasteiger partial charge in [0.1, 0.15) is 11.8 Å². The Balaban J connectivity index is 1.94. The molecule has 2 aromatic rings. The molecule has 0 spiro atoms. The van der Waals surface area contributed by atoms with E-state index in [-0.39, 0.29) is 12.3 Å². The van der Waals surface area contributed by atoms with Crippen molar-refractivity contribution in [3.05, 3.63) is 23.2 Å². The highest BCUT2D eigenvalue weighted by Gasteiger charge is 2.26. The van der Waals surface area contributed by atoms with Crippen LogP contribution in [0.3, 0.4) is 0 Å². The van der Waals surface area contributed by atoms with Crippen molar-refractivity contribution in [2.45, 2.75) is 6.04 Å². The molecular weight excluding hydrogens is 254 g/mol. The van der Waals surface area contributed by atoms with E-state index in [1.807, 2.05) is 0 Å². The van der Waals surface area contributed by atoms with Crippen molar-refractivity contribution in [2.24, 2.45) is 4.99 Å². The number of carboxylic acid groups (broad SMARTS) is 1. The lowest BCUT2D eigenvalue weighted by Gasteiger charge is -2.03. The summed E-state index contributed by atoms with van der Waals surface area (Å²) < 4.78 is 0.841. The molecule has 92 valence electrons. The van der Waals surface area contributed by atoms with Gasteiger partial charge in [0, 0.05) is 0 Å². The highest BCUT2D eigenvalue weighted by Crippen LogP contribution is 2.26. The van der Waals surface area contributed by atoms with E-state index in [9.17, 15) is 9.90 Å². The largest absolute Gasteiger partial charge is 0.508 e. The summed E-state index contributed by atoms with van der Waals surface area (Å²) in [7, 11) is 0. The Labute approximate surface area is 106 Å². The maximum Gasteiger partial charge on any atom is 0.328 e. The maximum atomic E-state index is 10.8. The number of thiazole rings is 1. The smallest absolute Gasteiger partial charge is 0.328 e. The monoisotopic (exact) mass is 263 g/mol. The van der Waals surface area contributed by atoms with Crippen LogP contribution in [-0.2, 0) is 4.79 Å². The molecule has 1 atom stereocenters. The third-order valence-electron chi connectivity index (χ3n) is 2.62. The number of carboxylic acids is 1. The van der Waals surface area contributed by atoms with Crippen molar-refractivity contribution >= 4 is 33.4 Å². The number of hydrogen-bond donors (Lipinski definition) is 3. The number of aromatic nitrogens is 1. The molecule has 1 aromatic carbocycles. The Morgan fingerprint density at radius 3 is 3.06 bits per heavy atom. The summed E-state index contributed by atoms with van der Waals surface area (Å²) in [6.45, 7) is 0.214. The fraction of sp³-hybridized carbons (Fsp3) is 0.182. The number of aliphatic carboxylic acids is 1. The summed E-state index contributed by atoms with van der Waals surface area (Å²) in [5.74, 6) is -0.238.